The molecule has 0 aromatic carbocycles. The predicted octanol–water partition coefficient (Wildman–Crippen LogP) is 1.83. The van der Waals surface area contributed by atoms with Gasteiger partial charge in [-0.25, -0.2) is 28.1 Å². The third-order valence-corrected chi connectivity index (χ3v) is 3.96. The standard InChI is InChI=1S/C18H27N3O6.C3H6/c1-5-15(4)7-6-8-19-16(23)20(9-11-26-13-22)18(25)21(17(19)24)10-12-27-14(2)3;1-3-2/h13H,2,4-12H2,1,3H3;3H,1H2,2H3. The summed E-state index contributed by atoms with van der Waals surface area (Å²) in [5, 5.41) is 0. The van der Waals surface area contributed by atoms with Gasteiger partial charge in [0.05, 0.1) is 18.8 Å². The molecule has 9 nitrogen and oxygen atoms in total. The van der Waals surface area contributed by atoms with Crippen molar-refractivity contribution in [2.75, 3.05) is 13.2 Å². The minimum atomic E-state index is -0.765. The second kappa shape index (κ2) is 14.8. The maximum Gasteiger partial charge on any atom is 0.336 e. The van der Waals surface area contributed by atoms with E-state index in [-0.39, 0.29) is 39.3 Å². The summed E-state index contributed by atoms with van der Waals surface area (Å²) in [6.45, 7) is 16.5. The zero-order valence-electron chi connectivity index (χ0n) is 18.2. The van der Waals surface area contributed by atoms with Crippen molar-refractivity contribution in [3.05, 3.63) is 68.6 Å². The van der Waals surface area contributed by atoms with Crippen LogP contribution < -0.4 is 17.1 Å². The van der Waals surface area contributed by atoms with Gasteiger partial charge in [0, 0.05) is 6.54 Å². The second-order valence-corrected chi connectivity index (χ2v) is 6.44. The third kappa shape index (κ3) is 8.93. The van der Waals surface area contributed by atoms with Crippen molar-refractivity contribution in [2.45, 2.75) is 59.7 Å². The fourth-order valence-corrected chi connectivity index (χ4v) is 2.42. The Labute approximate surface area is 176 Å². The highest BCUT2D eigenvalue weighted by Crippen LogP contribution is 2.06. The molecule has 9 heteroatoms. The second-order valence-electron chi connectivity index (χ2n) is 6.44. The summed E-state index contributed by atoms with van der Waals surface area (Å²) in [7, 11) is 0. The summed E-state index contributed by atoms with van der Waals surface area (Å²) in [6, 6.07) is 0. The summed E-state index contributed by atoms with van der Waals surface area (Å²) < 4.78 is 12.6. The molecule has 0 amide bonds. The molecule has 30 heavy (non-hydrogen) atoms. The van der Waals surface area contributed by atoms with Crippen LogP contribution in [0.4, 0.5) is 0 Å². The number of hydrogen-bond acceptors (Lipinski definition) is 6. The zero-order valence-corrected chi connectivity index (χ0v) is 18.2. The maximum absolute atomic E-state index is 12.6. The van der Waals surface area contributed by atoms with Crippen LogP contribution in [0.25, 0.3) is 0 Å². The molecule has 1 aromatic rings. The van der Waals surface area contributed by atoms with E-state index in [1.165, 1.54) is 0 Å². The Morgan fingerprint density at radius 2 is 1.43 bits per heavy atom. The van der Waals surface area contributed by atoms with Crippen LogP contribution in [0.2, 0.25) is 0 Å². The Hall–Kier alpha value is -3.10. The molecule has 0 saturated heterocycles. The highest BCUT2D eigenvalue weighted by molar-refractivity contribution is 5.36. The smallest absolute Gasteiger partial charge is 0.336 e. The van der Waals surface area contributed by atoms with Gasteiger partial charge in [-0.2, -0.15) is 0 Å². The summed E-state index contributed by atoms with van der Waals surface area (Å²) in [6.07, 6.45) is 3.79. The topological polar surface area (TPSA) is 102 Å². The molecule has 168 valence electrons. The highest BCUT2D eigenvalue weighted by atomic mass is 16.5. The Morgan fingerprint density at radius 3 is 1.87 bits per heavy atom. The molecule has 0 aliphatic carbocycles. The predicted molar refractivity (Wildman–Crippen MR) is 117 cm³/mol. The van der Waals surface area contributed by atoms with E-state index in [9.17, 15) is 19.2 Å². The van der Waals surface area contributed by atoms with Crippen LogP contribution in [0.1, 0.15) is 40.0 Å². The van der Waals surface area contributed by atoms with Gasteiger partial charge in [0.2, 0.25) is 0 Å². The average Bonchev–Trinajstić information content (AvgIpc) is 2.70. The van der Waals surface area contributed by atoms with Crippen LogP contribution in [0.5, 0.6) is 0 Å². The number of carbonyl (C=O) groups excluding carboxylic acids is 1. The Bertz CT molecular complexity index is 891. The maximum atomic E-state index is 12.6. The Morgan fingerprint density at radius 1 is 0.967 bits per heavy atom. The van der Waals surface area contributed by atoms with E-state index in [0.29, 0.717) is 18.6 Å². The van der Waals surface area contributed by atoms with Gasteiger partial charge < -0.3 is 9.47 Å². The number of aromatic nitrogens is 3. The van der Waals surface area contributed by atoms with Crippen LogP contribution in [-0.2, 0) is 33.9 Å². The Kier molecular flexibility index (Phi) is 13.3. The van der Waals surface area contributed by atoms with Gasteiger partial charge in [0.15, 0.2) is 0 Å². The van der Waals surface area contributed by atoms with Gasteiger partial charge in [-0.3, -0.25) is 4.79 Å². The fourth-order valence-electron chi connectivity index (χ4n) is 2.42. The van der Waals surface area contributed by atoms with Gasteiger partial charge in [0.1, 0.15) is 13.2 Å². The number of hydrogen-bond donors (Lipinski definition) is 0. The first-order valence-corrected chi connectivity index (χ1v) is 9.76. The molecule has 1 aromatic heterocycles. The van der Waals surface area contributed by atoms with Crippen LogP contribution in [0.3, 0.4) is 0 Å². The molecular weight excluding hydrogens is 390 g/mol. The molecule has 0 radical (unpaired) electrons. The first-order valence-electron chi connectivity index (χ1n) is 9.76. The third-order valence-electron chi connectivity index (χ3n) is 3.96. The van der Waals surface area contributed by atoms with E-state index in [4.69, 9.17) is 4.74 Å². The lowest BCUT2D eigenvalue weighted by molar-refractivity contribution is -0.129. The van der Waals surface area contributed by atoms with Crippen LogP contribution in [0, 0.1) is 0 Å². The molecule has 0 spiro atoms. The number of allylic oxidation sites excluding steroid dienone is 3. The highest BCUT2D eigenvalue weighted by Gasteiger charge is 2.15. The van der Waals surface area contributed by atoms with Crippen molar-refractivity contribution >= 4 is 6.47 Å². The van der Waals surface area contributed by atoms with Crippen LogP contribution >= 0.6 is 0 Å². The largest absolute Gasteiger partial charge is 0.497 e. The molecule has 1 heterocycles. The summed E-state index contributed by atoms with van der Waals surface area (Å²) in [5.41, 5.74) is -1.16. The molecule has 0 aliphatic rings. The minimum Gasteiger partial charge on any atom is -0.497 e. The van der Waals surface area contributed by atoms with Crippen molar-refractivity contribution in [3.63, 3.8) is 0 Å². The summed E-state index contributed by atoms with van der Waals surface area (Å²) >= 11 is 0. The van der Waals surface area contributed by atoms with E-state index < -0.39 is 17.1 Å². The molecule has 1 rings (SSSR count). The lowest BCUT2D eigenvalue weighted by Crippen LogP contribution is -2.55. The first-order chi connectivity index (χ1) is 14.2. The SMILES string of the molecule is C=C(CC)CCCn1c(=O)n(CCOC=O)c(=O)n(CCOC(=C)C)c1=O.C=CC. The van der Waals surface area contributed by atoms with E-state index in [1.54, 1.807) is 13.0 Å². The van der Waals surface area contributed by atoms with Crippen molar-refractivity contribution in [3.8, 4) is 0 Å². The monoisotopic (exact) mass is 423 g/mol. The van der Waals surface area contributed by atoms with Crippen molar-refractivity contribution in [1.29, 1.82) is 0 Å². The van der Waals surface area contributed by atoms with Gasteiger partial charge in [-0.15, -0.1) is 6.58 Å². The van der Waals surface area contributed by atoms with E-state index in [2.05, 4.69) is 24.5 Å². The molecular formula is C21H33N3O6. The molecule has 0 unspecified atom stereocenters. The molecule has 0 aliphatic heterocycles. The summed E-state index contributed by atoms with van der Waals surface area (Å²) in [5.74, 6) is 0.453. The minimum absolute atomic E-state index is 0.0268. The molecule has 0 saturated carbocycles. The van der Waals surface area contributed by atoms with Gasteiger partial charge in [-0.05, 0) is 33.1 Å². The number of ether oxygens (including phenoxy) is 2. The van der Waals surface area contributed by atoms with Gasteiger partial charge in [-0.1, -0.05) is 31.7 Å². The number of carbonyl (C=O) groups is 1. The zero-order chi connectivity index (χ0) is 23.1. The van der Waals surface area contributed by atoms with Crippen LogP contribution in [-0.4, -0.2) is 33.4 Å². The van der Waals surface area contributed by atoms with E-state index in [0.717, 1.165) is 25.7 Å². The van der Waals surface area contributed by atoms with E-state index in [1.807, 2.05) is 13.8 Å². The Balaban J connectivity index is 0.00000263. The lowest BCUT2D eigenvalue weighted by atomic mass is 10.1. The van der Waals surface area contributed by atoms with Gasteiger partial charge >= 0.3 is 17.1 Å². The van der Waals surface area contributed by atoms with Gasteiger partial charge in [0.25, 0.3) is 6.47 Å². The molecule has 0 N–H and O–H groups in total. The number of nitrogens with zero attached hydrogens (tertiary/aromatic N) is 3. The molecule has 0 fully saturated rings. The number of rotatable bonds is 13. The van der Waals surface area contributed by atoms with Crippen molar-refractivity contribution in [2.24, 2.45) is 0 Å². The van der Waals surface area contributed by atoms with Crippen molar-refractivity contribution < 1.29 is 14.3 Å². The summed E-state index contributed by atoms with van der Waals surface area (Å²) in [4.78, 5) is 48.1. The van der Waals surface area contributed by atoms with Crippen LogP contribution in [0.15, 0.2) is 51.5 Å². The average molecular weight is 424 g/mol. The molecule has 0 atom stereocenters. The first kappa shape index (κ1) is 26.9. The quantitative estimate of drug-likeness (QED) is 0.208. The van der Waals surface area contributed by atoms with E-state index >= 15 is 0 Å². The lowest BCUT2D eigenvalue weighted by Gasteiger charge is -2.14. The molecule has 0 bridgehead atoms. The normalized spacial score (nSPS) is 9.83. The van der Waals surface area contributed by atoms with Crippen molar-refractivity contribution in [1.82, 2.24) is 13.7 Å². The fraction of sp³-hybridized carbons (Fsp3) is 0.524.